The van der Waals surface area contributed by atoms with E-state index in [-0.39, 0.29) is 19.0 Å². The Labute approximate surface area is 107 Å². The minimum atomic E-state index is -2.97. The van der Waals surface area contributed by atoms with Crippen LogP contribution >= 0.6 is 11.3 Å². The molecular weight excluding hydrogens is 262 g/mol. The van der Waals surface area contributed by atoms with Gasteiger partial charge in [0.2, 0.25) is 0 Å². The second-order valence-corrected chi connectivity index (χ2v) is 4.84. The molecule has 1 aromatic heterocycles. The smallest absolute Gasteiger partial charge is 0.315 e. The maximum absolute atomic E-state index is 12.2. The van der Waals surface area contributed by atoms with Crippen LogP contribution in [0.2, 0.25) is 0 Å². The first-order valence-electron chi connectivity index (χ1n) is 5.49. The van der Waals surface area contributed by atoms with Crippen molar-refractivity contribution in [3.63, 3.8) is 0 Å². The minimum Gasteiger partial charge on any atom is -0.334 e. The van der Waals surface area contributed by atoms with Gasteiger partial charge >= 0.3 is 6.43 Å². The van der Waals surface area contributed by atoms with Crippen molar-refractivity contribution in [2.45, 2.75) is 6.43 Å². The first kappa shape index (κ1) is 12.9. The number of hydrogen-bond acceptors (Lipinski definition) is 3. The van der Waals surface area contributed by atoms with Gasteiger partial charge in [-0.15, -0.1) is 11.3 Å². The second kappa shape index (κ2) is 5.43. The van der Waals surface area contributed by atoms with E-state index in [0.717, 1.165) is 4.90 Å². The molecule has 98 valence electrons. The Morgan fingerprint density at radius 3 is 2.28 bits per heavy atom. The van der Waals surface area contributed by atoms with Crippen LogP contribution in [0.5, 0.6) is 0 Å². The fourth-order valence-corrected chi connectivity index (χ4v) is 2.51. The molecule has 1 fully saturated rings. The average Bonchev–Trinajstić information content (AvgIpc) is 2.91. The van der Waals surface area contributed by atoms with Crippen molar-refractivity contribution < 1.29 is 18.4 Å². The molecule has 0 N–H and O–H groups in total. The number of amides is 2. The van der Waals surface area contributed by atoms with E-state index in [1.54, 1.807) is 17.0 Å². The third kappa shape index (κ3) is 2.66. The quantitative estimate of drug-likeness (QED) is 0.815. The minimum absolute atomic E-state index is 0.103. The van der Waals surface area contributed by atoms with E-state index in [2.05, 4.69) is 0 Å². The zero-order valence-electron chi connectivity index (χ0n) is 9.51. The Balaban J connectivity index is 1.91. The molecule has 0 atom stereocenters. The van der Waals surface area contributed by atoms with E-state index >= 15 is 0 Å². The fourth-order valence-electron chi connectivity index (χ4n) is 1.82. The normalized spacial score (nSPS) is 16.2. The van der Waals surface area contributed by atoms with Crippen molar-refractivity contribution in [1.82, 2.24) is 9.80 Å². The summed E-state index contributed by atoms with van der Waals surface area (Å²) in [4.78, 5) is 26.3. The van der Waals surface area contributed by atoms with Gasteiger partial charge in [0, 0.05) is 26.2 Å². The van der Waals surface area contributed by atoms with Crippen molar-refractivity contribution in [2.75, 3.05) is 26.2 Å². The maximum atomic E-state index is 12.2. The van der Waals surface area contributed by atoms with Gasteiger partial charge in [0.05, 0.1) is 4.88 Å². The van der Waals surface area contributed by atoms with Crippen LogP contribution in [0.3, 0.4) is 0 Å². The van der Waals surface area contributed by atoms with Crippen LogP contribution in [0.15, 0.2) is 17.5 Å². The van der Waals surface area contributed by atoms with Gasteiger partial charge < -0.3 is 9.80 Å². The highest BCUT2D eigenvalue weighted by atomic mass is 32.1. The number of nitrogens with zero attached hydrogens (tertiary/aromatic N) is 2. The summed E-state index contributed by atoms with van der Waals surface area (Å²) in [5.74, 6) is -1.26. The van der Waals surface area contributed by atoms with Crippen LogP contribution in [0.4, 0.5) is 8.78 Å². The number of piperazine rings is 1. The lowest BCUT2D eigenvalue weighted by Gasteiger charge is -2.34. The fraction of sp³-hybridized carbons (Fsp3) is 0.455. The van der Waals surface area contributed by atoms with Crippen molar-refractivity contribution >= 4 is 23.2 Å². The molecule has 4 nitrogen and oxygen atoms in total. The zero-order chi connectivity index (χ0) is 13.1. The summed E-state index contributed by atoms with van der Waals surface area (Å²) in [6.45, 7) is 0.935. The summed E-state index contributed by atoms with van der Waals surface area (Å²) in [6.07, 6.45) is -2.97. The zero-order valence-corrected chi connectivity index (χ0v) is 10.3. The molecular formula is C11H12F2N2O2S. The molecule has 0 saturated carbocycles. The SMILES string of the molecule is O=C(c1cccs1)N1CCN(C(=O)C(F)F)CC1. The molecule has 0 spiro atoms. The summed E-state index contributed by atoms with van der Waals surface area (Å²) >= 11 is 1.34. The van der Waals surface area contributed by atoms with Gasteiger partial charge in [0.15, 0.2) is 0 Å². The number of thiophene rings is 1. The monoisotopic (exact) mass is 274 g/mol. The largest absolute Gasteiger partial charge is 0.334 e. The molecule has 1 saturated heterocycles. The van der Waals surface area contributed by atoms with Crippen molar-refractivity contribution in [3.8, 4) is 0 Å². The predicted octanol–water partition coefficient (Wildman–Crippen LogP) is 1.30. The number of alkyl halides is 2. The highest BCUT2D eigenvalue weighted by Gasteiger charge is 2.29. The summed E-state index contributed by atoms with van der Waals surface area (Å²) in [6, 6.07) is 3.51. The molecule has 2 rings (SSSR count). The molecule has 1 aliphatic rings. The van der Waals surface area contributed by atoms with E-state index in [4.69, 9.17) is 0 Å². The van der Waals surface area contributed by atoms with Crippen LogP contribution in [0.1, 0.15) is 9.67 Å². The topological polar surface area (TPSA) is 40.6 Å². The lowest BCUT2D eigenvalue weighted by atomic mass is 10.3. The molecule has 0 aliphatic carbocycles. The molecule has 0 unspecified atom stereocenters. The average molecular weight is 274 g/mol. The van der Waals surface area contributed by atoms with Crippen molar-refractivity contribution in [1.29, 1.82) is 0 Å². The standard InChI is InChI=1S/C11H12F2N2O2S/c12-9(13)11(17)15-5-3-14(4-6-15)10(16)8-2-1-7-18-8/h1-2,7,9H,3-6H2. The number of rotatable bonds is 2. The third-order valence-electron chi connectivity index (χ3n) is 2.80. The summed E-state index contributed by atoms with van der Waals surface area (Å²) in [7, 11) is 0. The highest BCUT2D eigenvalue weighted by molar-refractivity contribution is 7.12. The molecule has 1 aromatic rings. The van der Waals surface area contributed by atoms with Crippen molar-refractivity contribution in [3.05, 3.63) is 22.4 Å². The van der Waals surface area contributed by atoms with E-state index in [1.807, 2.05) is 5.38 Å². The second-order valence-electron chi connectivity index (χ2n) is 3.90. The number of carbonyl (C=O) groups is 2. The van der Waals surface area contributed by atoms with Gasteiger partial charge in [0.1, 0.15) is 0 Å². The van der Waals surface area contributed by atoms with Crippen LogP contribution < -0.4 is 0 Å². The molecule has 0 radical (unpaired) electrons. The highest BCUT2D eigenvalue weighted by Crippen LogP contribution is 2.14. The van der Waals surface area contributed by atoms with Crippen LogP contribution in [0.25, 0.3) is 0 Å². The van der Waals surface area contributed by atoms with Crippen LogP contribution in [0, 0.1) is 0 Å². The molecule has 1 aliphatic heterocycles. The van der Waals surface area contributed by atoms with E-state index in [1.165, 1.54) is 11.3 Å². The molecule has 2 amide bonds. The molecule has 0 bridgehead atoms. The molecule has 18 heavy (non-hydrogen) atoms. The Morgan fingerprint density at radius 2 is 1.78 bits per heavy atom. The Kier molecular flexibility index (Phi) is 3.90. The first-order chi connectivity index (χ1) is 8.59. The number of halogens is 2. The van der Waals surface area contributed by atoms with Gasteiger partial charge in [-0.3, -0.25) is 9.59 Å². The predicted molar refractivity (Wildman–Crippen MR) is 62.8 cm³/mol. The van der Waals surface area contributed by atoms with Gasteiger partial charge in [-0.1, -0.05) is 6.07 Å². The molecule has 2 heterocycles. The lowest BCUT2D eigenvalue weighted by molar-refractivity contribution is -0.144. The van der Waals surface area contributed by atoms with Gasteiger partial charge in [-0.2, -0.15) is 8.78 Å². The summed E-state index contributed by atoms with van der Waals surface area (Å²) in [5, 5.41) is 1.81. The Morgan fingerprint density at radius 1 is 1.17 bits per heavy atom. The Bertz CT molecular complexity index is 428. The van der Waals surface area contributed by atoms with Gasteiger partial charge in [0.25, 0.3) is 11.8 Å². The van der Waals surface area contributed by atoms with Crippen LogP contribution in [-0.2, 0) is 4.79 Å². The molecule has 0 aromatic carbocycles. The lowest BCUT2D eigenvalue weighted by Crippen LogP contribution is -2.51. The van der Waals surface area contributed by atoms with Crippen LogP contribution in [-0.4, -0.2) is 54.2 Å². The van der Waals surface area contributed by atoms with Crippen molar-refractivity contribution in [2.24, 2.45) is 0 Å². The third-order valence-corrected chi connectivity index (χ3v) is 3.66. The summed E-state index contributed by atoms with van der Waals surface area (Å²) in [5.41, 5.74) is 0. The Hall–Kier alpha value is -1.50. The number of hydrogen-bond donors (Lipinski definition) is 0. The summed E-state index contributed by atoms with van der Waals surface area (Å²) < 4.78 is 24.4. The van der Waals surface area contributed by atoms with E-state index < -0.39 is 12.3 Å². The van der Waals surface area contributed by atoms with E-state index in [0.29, 0.717) is 18.0 Å². The molecule has 7 heteroatoms. The van der Waals surface area contributed by atoms with Gasteiger partial charge in [-0.25, -0.2) is 0 Å². The van der Waals surface area contributed by atoms with Gasteiger partial charge in [-0.05, 0) is 11.4 Å². The number of carbonyl (C=O) groups excluding carboxylic acids is 2. The van der Waals surface area contributed by atoms with E-state index in [9.17, 15) is 18.4 Å². The maximum Gasteiger partial charge on any atom is 0.315 e. The first-order valence-corrected chi connectivity index (χ1v) is 6.37.